The molecule has 0 saturated heterocycles. The van der Waals surface area contributed by atoms with Crippen LogP contribution < -0.4 is 5.32 Å². The van der Waals surface area contributed by atoms with Gasteiger partial charge < -0.3 is 5.32 Å². The molecule has 0 atom stereocenters. The number of rotatable bonds is 6. The average Bonchev–Trinajstić information content (AvgIpc) is 3.47. The van der Waals surface area contributed by atoms with E-state index in [1.807, 2.05) is 26.0 Å². The van der Waals surface area contributed by atoms with Gasteiger partial charge in [0, 0.05) is 29.0 Å². The number of aromatic nitrogens is 5. The molecule has 0 radical (unpaired) electrons. The molecule has 0 aliphatic carbocycles. The van der Waals surface area contributed by atoms with Gasteiger partial charge in [0.2, 0.25) is 0 Å². The molecule has 5 rings (SSSR count). The van der Waals surface area contributed by atoms with Crippen molar-refractivity contribution in [1.29, 1.82) is 0 Å². The zero-order valence-electron chi connectivity index (χ0n) is 21.3. The number of carbonyl (C=O) groups excluding carboxylic acids is 1. The molecule has 3 aromatic heterocycles. The Bertz CT molecular complexity index is 1670. The number of amides is 1. The minimum atomic E-state index is -4.74. The monoisotopic (exact) mass is 536 g/mol. The summed E-state index contributed by atoms with van der Waals surface area (Å²) in [6.45, 7) is 5.93. The number of carbonyl (C=O) groups is 1. The van der Waals surface area contributed by atoms with E-state index in [0.29, 0.717) is 21.3 Å². The maximum Gasteiger partial charge on any atom is 0.433 e. The lowest BCUT2D eigenvalue weighted by molar-refractivity contribution is -0.142. The van der Waals surface area contributed by atoms with Gasteiger partial charge in [-0.05, 0) is 30.5 Å². The standard InChI is InChI=1S/C28H24F4N6O/c1-16(2)18-8-10-19(11-9-18)22-13-24(28(30,31)32)38-26(33-22)14-23(35-38)27(39)34-25-12-17(3)37(36-25)15-20-6-4-5-7-21(20)29/h4-14,16H,15H2,1-3H3,(H,34,36,39). The van der Waals surface area contributed by atoms with E-state index < -0.39 is 17.8 Å². The van der Waals surface area contributed by atoms with E-state index in [4.69, 9.17) is 0 Å². The second kappa shape index (κ2) is 9.97. The summed E-state index contributed by atoms with van der Waals surface area (Å²) >= 11 is 0. The van der Waals surface area contributed by atoms with Gasteiger partial charge in [0.15, 0.2) is 22.9 Å². The van der Waals surface area contributed by atoms with Gasteiger partial charge in [-0.15, -0.1) is 0 Å². The molecule has 1 amide bonds. The molecule has 7 nitrogen and oxygen atoms in total. The highest BCUT2D eigenvalue weighted by molar-refractivity contribution is 6.03. The molecule has 0 unspecified atom stereocenters. The summed E-state index contributed by atoms with van der Waals surface area (Å²) in [5.41, 5.74) is 1.29. The molecule has 39 heavy (non-hydrogen) atoms. The predicted molar refractivity (Wildman–Crippen MR) is 138 cm³/mol. The quantitative estimate of drug-likeness (QED) is 0.252. The van der Waals surface area contributed by atoms with Crippen LogP contribution in [0.2, 0.25) is 0 Å². The number of nitrogens with one attached hydrogen (secondary N) is 1. The number of hydrogen-bond acceptors (Lipinski definition) is 4. The van der Waals surface area contributed by atoms with Crippen molar-refractivity contribution in [3.63, 3.8) is 0 Å². The third-order valence-corrected chi connectivity index (χ3v) is 6.32. The fraction of sp³-hybridized carbons (Fsp3) is 0.214. The number of nitrogens with zero attached hydrogens (tertiary/aromatic N) is 5. The van der Waals surface area contributed by atoms with Crippen molar-refractivity contribution in [3.8, 4) is 11.3 Å². The van der Waals surface area contributed by atoms with E-state index in [-0.39, 0.29) is 41.1 Å². The first-order valence-corrected chi connectivity index (χ1v) is 12.2. The minimum absolute atomic E-state index is 0.111. The highest BCUT2D eigenvalue weighted by Gasteiger charge is 2.35. The Morgan fingerprint density at radius 2 is 1.72 bits per heavy atom. The van der Waals surface area contributed by atoms with E-state index >= 15 is 0 Å². The molecule has 11 heteroatoms. The Balaban J connectivity index is 1.44. The first-order chi connectivity index (χ1) is 18.5. The molecule has 0 aliphatic rings. The second-order valence-electron chi connectivity index (χ2n) is 9.47. The first kappa shape index (κ1) is 26.1. The molecule has 0 aliphatic heterocycles. The van der Waals surface area contributed by atoms with Gasteiger partial charge in [-0.2, -0.15) is 23.4 Å². The van der Waals surface area contributed by atoms with Crippen LogP contribution in [-0.2, 0) is 12.7 Å². The van der Waals surface area contributed by atoms with Gasteiger partial charge >= 0.3 is 6.18 Å². The van der Waals surface area contributed by atoms with E-state index in [1.165, 1.54) is 16.8 Å². The summed E-state index contributed by atoms with van der Waals surface area (Å²) in [4.78, 5) is 17.3. The maximum absolute atomic E-state index is 14.0. The topological polar surface area (TPSA) is 77.1 Å². The molecule has 0 fully saturated rings. The van der Waals surface area contributed by atoms with Crippen LogP contribution in [0.4, 0.5) is 23.4 Å². The zero-order valence-corrected chi connectivity index (χ0v) is 21.3. The summed E-state index contributed by atoms with van der Waals surface area (Å²) in [5.74, 6) is -0.718. The molecule has 5 aromatic rings. The minimum Gasteiger partial charge on any atom is -0.304 e. The zero-order chi connectivity index (χ0) is 27.9. The van der Waals surface area contributed by atoms with E-state index in [1.54, 1.807) is 43.3 Å². The molecular formula is C28H24F4N6O. The van der Waals surface area contributed by atoms with Crippen molar-refractivity contribution in [3.05, 3.63) is 101 Å². The fourth-order valence-electron chi connectivity index (χ4n) is 4.17. The van der Waals surface area contributed by atoms with Crippen molar-refractivity contribution >= 4 is 17.4 Å². The van der Waals surface area contributed by atoms with Crippen LogP contribution in [0.15, 0.2) is 66.7 Å². The Kier molecular flexibility index (Phi) is 6.67. The van der Waals surface area contributed by atoms with Crippen LogP contribution in [0, 0.1) is 12.7 Å². The van der Waals surface area contributed by atoms with Crippen molar-refractivity contribution in [2.75, 3.05) is 5.32 Å². The van der Waals surface area contributed by atoms with Gasteiger partial charge in [-0.3, -0.25) is 9.48 Å². The molecule has 3 heterocycles. The van der Waals surface area contributed by atoms with E-state index in [2.05, 4.69) is 20.5 Å². The van der Waals surface area contributed by atoms with Gasteiger partial charge in [0.05, 0.1) is 12.2 Å². The first-order valence-electron chi connectivity index (χ1n) is 12.2. The van der Waals surface area contributed by atoms with Crippen molar-refractivity contribution in [2.24, 2.45) is 0 Å². The Morgan fingerprint density at radius 1 is 1.00 bits per heavy atom. The molecule has 0 saturated carbocycles. The number of halogens is 4. The normalized spacial score (nSPS) is 11.9. The van der Waals surface area contributed by atoms with Gasteiger partial charge in [-0.1, -0.05) is 56.3 Å². The largest absolute Gasteiger partial charge is 0.433 e. The number of hydrogen-bond donors (Lipinski definition) is 1. The third-order valence-electron chi connectivity index (χ3n) is 6.32. The summed E-state index contributed by atoms with van der Waals surface area (Å²) in [6, 6.07) is 17.1. The maximum atomic E-state index is 14.0. The Morgan fingerprint density at radius 3 is 2.38 bits per heavy atom. The van der Waals surface area contributed by atoms with E-state index in [9.17, 15) is 22.4 Å². The van der Waals surface area contributed by atoms with Crippen molar-refractivity contribution in [1.82, 2.24) is 24.4 Å². The van der Waals surface area contributed by atoms with Crippen molar-refractivity contribution < 1.29 is 22.4 Å². The predicted octanol–water partition coefficient (Wildman–Crippen LogP) is 6.48. The molecule has 2 aromatic carbocycles. The van der Waals surface area contributed by atoms with Crippen LogP contribution in [-0.4, -0.2) is 30.3 Å². The smallest absolute Gasteiger partial charge is 0.304 e. The summed E-state index contributed by atoms with van der Waals surface area (Å²) in [7, 11) is 0. The van der Waals surface area contributed by atoms with E-state index in [0.717, 1.165) is 11.6 Å². The summed E-state index contributed by atoms with van der Waals surface area (Å²) in [5, 5.41) is 10.7. The number of anilines is 1. The van der Waals surface area contributed by atoms with Crippen LogP contribution in [0.1, 0.15) is 52.8 Å². The molecule has 0 bridgehead atoms. The third kappa shape index (κ3) is 5.38. The lowest BCUT2D eigenvalue weighted by Crippen LogP contribution is -2.16. The second-order valence-corrected chi connectivity index (χ2v) is 9.47. The number of fused-ring (bicyclic) bond motifs is 1. The SMILES string of the molecule is Cc1cc(NC(=O)c2cc3nc(-c4ccc(C(C)C)cc4)cc(C(F)(F)F)n3n2)nn1Cc1ccccc1F. The Hall–Kier alpha value is -4.54. The van der Waals surface area contributed by atoms with Crippen LogP contribution in [0.3, 0.4) is 0 Å². The summed E-state index contributed by atoms with van der Waals surface area (Å²) < 4.78 is 58.1. The number of alkyl halides is 3. The van der Waals surface area contributed by atoms with Gasteiger partial charge in [0.1, 0.15) is 5.82 Å². The molecule has 200 valence electrons. The molecule has 0 spiro atoms. The highest BCUT2D eigenvalue weighted by Crippen LogP contribution is 2.33. The number of benzene rings is 2. The number of aryl methyl sites for hydroxylation is 1. The van der Waals surface area contributed by atoms with Crippen molar-refractivity contribution in [2.45, 2.75) is 39.4 Å². The Labute approximate surface area is 221 Å². The van der Waals surface area contributed by atoms with Crippen LogP contribution in [0.5, 0.6) is 0 Å². The molecular weight excluding hydrogens is 512 g/mol. The summed E-state index contributed by atoms with van der Waals surface area (Å²) in [6.07, 6.45) is -4.74. The van der Waals surface area contributed by atoms with Crippen LogP contribution in [0.25, 0.3) is 16.9 Å². The van der Waals surface area contributed by atoms with Crippen LogP contribution >= 0.6 is 0 Å². The lowest BCUT2D eigenvalue weighted by atomic mass is 10.0. The van der Waals surface area contributed by atoms with Gasteiger partial charge in [0.25, 0.3) is 5.91 Å². The highest BCUT2D eigenvalue weighted by atomic mass is 19.4. The molecule has 1 N–H and O–H groups in total. The fourth-order valence-corrected chi connectivity index (χ4v) is 4.17. The van der Waals surface area contributed by atoms with Gasteiger partial charge in [-0.25, -0.2) is 13.9 Å². The lowest BCUT2D eigenvalue weighted by Gasteiger charge is -2.11. The average molecular weight is 537 g/mol.